The van der Waals surface area contributed by atoms with E-state index < -0.39 is 10.9 Å². The van der Waals surface area contributed by atoms with Crippen LogP contribution in [0.5, 0.6) is 0 Å². The van der Waals surface area contributed by atoms with Crippen molar-refractivity contribution in [1.82, 2.24) is 4.57 Å². The average Bonchev–Trinajstić information content (AvgIpc) is 3.22. The predicted octanol–water partition coefficient (Wildman–Crippen LogP) is 4.21. The first-order chi connectivity index (χ1) is 13.8. The second kappa shape index (κ2) is 6.99. The molecule has 1 aliphatic rings. The maximum atomic E-state index is 12.3. The van der Waals surface area contributed by atoms with E-state index in [4.69, 9.17) is 16.3 Å². The molecule has 144 valence electrons. The molecule has 29 heavy (non-hydrogen) atoms. The van der Waals surface area contributed by atoms with Gasteiger partial charge in [-0.15, -0.1) is 0 Å². The van der Waals surface area contributed by atoms with Gasteiger partial charge in [-0.2, -0.15) is 0 Å². The highest BCUT2D eigenvalue weighted by Crippen LogP contribution is 2.28. The number of non-ortho nitro benzene ring substituents is 1. The molecule has 4 rings (SSSR count). The number of nitro groups is 1. The van der Waals surface area contributed by atoms with Crippen molar-refractivity contribution < 1.29 is 19.2 Å². The van der Waals surface area contributed by atoms with Gasteiger partial charge in [-0.05, 0) is 24.3 Å². The largest absolute Gasteiger partial charge is 0.402 e. The number of hydrogen-bond donors (Lipinski definition) is 0. The number of hydrogen-bond acceptors (Lipinski definition) is 6. The molecular weight excluding hydrogens is 398 g/mol. The molecule has 0 N–H and O–H groups in total. The van der Waals surface area contributed by atoms with Crippen LogP contribution in [0.1, 0.15) is 23.0 Å². The molecule has 0 aliphatic carbocycles. The standard InChI is InChI=1S/C20H12ClN3O5/c1-11(25)23-14(8-12-4-2-3-5-18(12)23)10-17-20(26)29-19(22-17)15-7-6-13(24(27)28)9-16(15)21/h2-10H,1H3/b17-10-. The van der Waals surface area contributed by atoms with Crippen molar-refractivity contribution in [2.24, 2.45) is 4.99 Å². The normalized spacial score (nSPS) is 14.9. The number of cyclic esters (lactones) is 1. The lowest BCUT2D eigenvalue weighted by molar-refractivity contribution is -0.384. The van der Waals surface area contributed by atoms with Crippen LogP contribution in [-0.2, 0) is 9.53 Å². The van der Waals surface area contributed by atoms with Gasteiger partial charge in [-0.25, -0.2) is 9.79 Å². The molecule has 8 nitrogen and oxygen atoms in total. The number of carbonyl (C=O) groups excluding carboxylic acids is 2. The van der Waals surface area contributed by atoms with E-state index in [1.807, 2.05) is 18.2 Å². The fourth-order valence-corrected chi connectivity index (χ4v) is 3.34. The molecule has 0 fully saturated rings. The molecule has 0 bridgehead atoms. The van der Waals surface area contributed by atoms with Crippen LogP contribution >= 0.6 is 11.6 Å². The quantitative estimate of drug-likeness (QED) is 0.279. The molecule has 2 aromatic carbocycles. The third kappa shape index (κ3) is 3.30. The van der Waals surface area contributed by atoms with Gasteiger partial charge in [-0.3, -0.25) is 19.5 Å². The Labute approximate surface area is 168 Å². The number of nitrogens with zero attached hydrogens (tertiary/aromatic N) is 3. The summed E-state index contributed by atoms with van der Waals surface area (Å²) in [6.45, 7) is 1.42. The van der Waals surface area contributed by atoms with Gasteiger partial charge < -0.3 is 4.74 Å². The fourth-order valence-electron chi connectivity index (χ4n) is 3.09. The van der Waals surface area contributed by atoms with Crippen LogP contribution in [0.3, 0.4) is 0 Å². The Balaban J connectivity index is 1.78. The minimum absolute atomic E-state index is 0.0141. The molecule has 0 spiro atoms. The van der Waals surface area contributed by atoms with Gasteiger partial charge in [0, 0.05) is 24.4 Å². The molecule has 2 heterocycles. The highest BCUT2D eigenvalue weighted by molar-refractivity contribution is 6.34. The van der Waals surface area contributed by atoms with Crippen LogP contribution in [0.2, 0.25) is 5.02 Å². The van der Waals surface area contributed by atoms with Crippen LogP contribution in [0.25, 0.3) is 17.0 Å². The number of aliphatic imine (C=N–C) groups is 1. The number of fused-ring (bicyclic) bond motifs is 1. The van der Waals surface area contributed by atoms with E-state index in [1.165, 1.54) is 29.7 Å². The lowest BCUT2D eigenvalue weighted by Gasteiger charge is -2.02. The van der Waals surface area contributed by atoms with Crippen LogP contribution in [0, 0.1) is 10.1 Å². The molecular formula is C20H12ClN3O5. The molecule has 0 saturated carbocycles. The van der Waals surface area contributed by atoms with Gasteiger partial charge in [0.25, 0.3) is 5.69 Å². The molecule has 0 unspecified atom stereocenters. The lowest BCUT2D eigenvalue weighted by Crippen LogP contribution is -2.08. The Morgan fingerprint density at radius 2 is 2.00 bits per heavy atom. The summed E-state index contributed by atoms with van der Waals surface area (Å²) in [4.78, 5) is 38.9. The van der Waals surface area contributed by atoms with Gasteiger partial charge >= 0.3 is 5.97 Å². The van der Waals surface area contributed by atoms with E-state index in [9.17, 15) is 19.7 Å². The number of aromatic nitrogens is 1. The summed E-state index contributed by atoms with van der Waals surface area (Å²) in [5.74, 6) is -0.992. The molecule has 0 amide bonds. The zero-order valence-electron chi connectivity index (χ0n) is 15.0. The summed E-state index contributed by atoms with van der Waals surface area (Å²) in [7, 11) is 0. The topological polar surface area (TPSA) is 104 Å². The summed E-state index contributed by atoms with van der Waals surface area (Å²) in [6.07, 6.45) is 1.45. The van der Waals surface area contributed by atoms with Gasteiger partial charge in [0.05, 0.1) is 26.7 Å². The van der Waals surface area contributed by atoms with Crippen LogP contribution in [0.4, 0.5) is 5.69 Å². The number of nitro benzene ring substituents is 1. The predicted molar refractivity (Wildman–Crippen MR) is 107 cm³/mol. The van der Waals surface area contributed by atoms with Crippen LogP contribution < -0.4 is 0 Å². The number of carbonyl (C=O) groups is 2. The Kier molecular flexibility index (Phi) is 4.48. The van der Waals surface area contributed by atoms with Crippen molar-refractivity contribution in [3.05, 3.63) is 80.6 Å². The Morgan fingerprint density at radius 3 is 2.69 bits per heavy atom. The summed E-state index contributed by atoms with van der Waals surface area (Å²) >= 11 is 6.08. The van der Waals surface area contributed by atoms with Crippen LogP contribution in [-0.4, -0.2) is 27.3 Å². The van der Waals surface area contributed by atoms with E-state index in [0.29, 0.717) is 11.2 Å². The molecule has 9 heteroatoms. The molecule has 1 aliphatic heterocycles. The molecule has 0 saturated heterocycles. The number of esters is 1. The SMILES string of the molecule is CC(=O)n1c(/C=C2\N=C(c3ccc([N+](=O)[O-])cc3Cl)OC2=O)cc2ccccc21. The Bertz CT molecular complexity index is 1270. The monoisotopic (exact) mass is 409 g/mol. The molecule has 0 atom stereocenters. The third-order valence-corrected chi connectivity index (χ3v) is 4.67. The second-order valence-electron chi connectivity index (χ2n) is 6.24. The maximum Gasteiger partial charge on any atom is 0.363 e. The summed E-state index contributed by atoms with van der Waals surface area (Å²) in [5, 5.41) is 11.7. The molecule has 1 aromatic heterocycles. The van der Waals surface area contributed by atoms with Crippen molar-refractivity contribution in [1.29, 1.82) is 0 Å². The van der Waals surface area contributed by atoms with E-state index >= 15 is 0 Å². The van der Waals surface area contributed by atoms with Crippen molar-refractivity contribution in [2.75, 3.05) is 0 Å². The lowest BCUT2D eigenvalue weighted by atomic mass is 10.2. The average molecular weight is 410 g/mol. The minimum Gasteiger partial charge on any atom is -0.402 e. The summed E-state index contributed by atoms with van der Waals surface area (Å²) in [5.41, 5.74) is 1.23. The van der Waals surface area contributed by atoms with Crippen LogP contribution in [0.15, 0.2) is 59.2 Å². The summed E-state index contributed by atoms with van der Waals surface area (Å²) < 4.78 is 6.66. The summed E-state index contributed by atoms with van der Waals surface area (Å²) in [6, 6.07) is 12.9. The van der Waals surface area contributed by atoms with Crippen molar-refractivity contribution >= 4 is 52.0 Å². The number of rotatable bonds is 3. The van der Waals surface area contributed by atoms with Gasteiger partial charge in [0.2, 0.25) is 11.8 Å². The fraction of sp³-hybridized carbons (Fsp3) is 0.0500. The van der Waals surface area contributed by atoms with E-state index in [1.54, 1.807) is 12.1 Å². The number of halogens is 1. The highest BCUT2D eigenvalue weighted by atomic mass is 35.5. The minimum atomic E-state index is -0.713. The van der Waals surface area contributed by atoms with E-state index in [0.717, 1.165) is 11.5 Å². The second-order valence-corrected chi connectivity index (χ2v) is 6.65. The first-order valence-corrected chi connectivity index (χ1v) is 8.81. The van der Waals surface area contributed by atoms with Gasteiger partial charge in [0.15, 0.2) is 5.70 Å². The van der Waals surface area contributed by atoms with Crippen molar-refractivity contribution in [3.8, 4) is 0 Å². The number of ether oxygens (including phenoxy) is 1. The highest BCUT2D eigenvalue weighted by Gasteiger charge is 2.27. The van der Waals surface area contributed by atoms with Crippen molar-refractivity contribution in [3.63, 3.8) is 0 Å². The molecule has 3 aromatic rings. The Morgan fingerprint density at radius 1 is 1.24 bits per heavy atom. The smallest absolute Gasteiger partial charge is 0.363 e. The zero-order chi connectivity index (χ0) is 20.7. The maximum absolute atomic E-state index is 12.3. The Hall–Kier alpha value is -3.78. The first-order valence-electron chi connectivity index (χ1n) is 8.43. The van der Waals surface area contributed by atoms with E-state index in [2.05, 4.69) is 4.99 Å². The number of benzene rings is 2. The van der Waals surface area contributed by atoms with Crippen molar-refractivity contribution in [2.45, 2.75) is 6.92 Å². The zero-order valence-corrected chi connectivity index (χ0v) is 15.7. The van der Waals surface area contributed by atoms with Gasteiger partial charge in [0.1, 0.15) is 0 Å². The van der Waals surface area contributed by atoms with Gasteiger partial charge in [-0.1, -0.05) is 29.8 Å². The number of para-hydroxylation sites is 1. The van der Waals surface area contributed by atoms with E-state index in [-0.39, 0.29) is 33.8 Å². The third-order valence-electron chi connectivity index (χ3n) is 4.35. The molecule has 0 radical (unpaired) electrons. The first kappa shape index (κ1) is 18.6.